The second-order valence-electron chi connectivity index (χ2n) is 3.43. The molecule has 0 aromatic carbocycles. The highest BCUT2D eigenvalue weighted by atomic mass is 32.1. The quantitative estimate of drug-likeness (QED) is 0.668. The van der Waals surface area contributed by atoms with Crippen LogP contribution in [-0.2, 0) is 12.8 Å². The largest absolute Gasteiger partial charge is 0.472 e. The molecule has 102 valence electrons. The van der Waals surface area contributed by atoms with Crippen LogP contribution in [0.25, 0.3) is 0 Å². The van der Waals surface area contributed by atoms with Gasteiger partial charge in [0.2, 0.25) is 11.7 Å². The van der Waals surface area contributed by atoms with Crippen LogP contribution in [-0.4, -0.2) is 9.97 Å². The third-order valence-electron chi connectivity index (χ3n) is 2.05. The highest BCUT2D eigenvalue weighted by Gasteiger charge is 2.35. The fourth-order valence-electron chi connectivity index (χ4n) is 1.24. The van der Waals surface area contributed by atoms with Gasteiger partial charge in [-0.15, -0.1) is 11.3 Å². The lowest BCUT2D eigenvalue weighted by Gasteiger charge is -2.10. The number of nitrogens with two attached hydrogens (primary N) is 1. The number of nitrogens with one attached hydrogen (secondary N) is 1. The summed E-state index contributed by atoms with van der Waals surface area (Å²) < 4.78 is 42.8. The van der Waals surface area contributed by atoms with Gasteiger partial charge in [0.05, 0.1) is 0 Å². The Balaban J connectivity index is 2.19. The van der Waals surface area contributed by atoms with Crippen molar-refractivity contribution in [1.82, 2.24) is 9.97 Å². The molecule has 0 saturated heterocycles. The molecule has 2 aromatic heterocycles. The Morgan fingerprint density at radius 3 is 2.74 bits per heavy atom. The fourth-order valence-corrected chi connectivity index (χ4v) is 1.86. The van der Waals surface area contributed by atoms with Gasteiger partial charge in [0.15, 0.2) is 0 Å². The average Bonchev–Trinajstić information content (AvgIpc) is 2.88. The van der Waals surface area contributed by atoms with Gasteiger partial charge in [-0.2, -0.15) is 18.2 Å². The van der Waals surface area contributed by atoms with Gasteiger partial charge < -0.3 is 10.2 Å². The highest BCUT2D eigenvalue weighted by Crippen LogP contribution is 2.29. The Labute approximate surface area is 110 Å². The van der Waals surface area contributed by atoms with Crippen LogP contribution in [0.2, 0.25) is 0 Å². The number of rotatable bonds is 4. The lowest BCUT2D eigenvalue weighted by molar-refractivity contribution is -0.145. The topological polar surface area (TPSA) is 73.1 Å². The maximum Gasteiger partial charge on any atom is 0.451 e. The van der Waals surface area contributed by atoms with Crippen molar-refractivity contribution in [3.05, 3.63) is 34.3 Å². The number of halogens is 3. The van der Waals surface area contributed by atoms with Gasteiger partial charge in [0.25, 0.3) is 0 Å². The molecule has 0 aliphatic heterocycles. The minimum absolute atomic E-state index is 0.135. The number of aromatic nitrogens is 2. The van der Waals surface area contributed by atoms with E-state index >= 15 is 0 Å². The molecule has 3 N–H and O–H groups in total. The molecule has 19 heavy (non-hydrogen) atoms. The number of nitrogen functional groups attached to an aromatic ring is 1. The van der Waals surface area contributed by atoms with Crippen LogP contribution in [0.1, 0.15) is 10.7 Å². The maximum absolute atomic E-state index is 12.6. The van der Waals surface area contributed by atoms with Crippen molar-refractivity contribution in [3.63, 3.8) is 0 Å². The molecule has 2 heterocycles. The third-order valence-corrected chi connectivity index (χ3v) is 2.90. The van der Waals surface area contributed by atoms with Crippen molar-refractivity contribution in [3.8, 4) is 5.88 Å². The summed E-state index contributed by atoms with van der Waals surface area (Å²) in [6.07, 6.45) is -4.66. The number of nitrogens with zero attached hydrogens (tertiary/aromatic N) is 2. The standard InChI is InChI=1S/C10H9F3N4OS/c11-10(12,13)9-15-7(17-14)4-8(16-9)18-5-6-2-1-3-19-6/h1-4H,5,14H2,(H,15,16,17). The van der Waals surface area contributed by atoms with Crippen LogP contribution in [0.4, 0.5) is 19.0 Å². The fraction of sp³-hybridized carbons (Fsp3) is 0.200. The summed E-state index contributed by atoms with van der Waals surface area (Å²) in [5.74, 6) is 3.40. The highest BCUT2D eigenvalue weighted by molar-refractivity contribution is 7.09. The Hall–Kier alpha value is -1.87. The van der Waals surface area contributed by atoms with Gasteiger partial charge in [-0.25, -0.2) is 10.8 Å². The van der Waals surface area contributed by atoms with Crippen molar-refractivity contribution < 1.29 is 17.9 Å². The van der Waals surface area contributed by atoms with Crippen molar-refractivity contribution in [2.75, 3.05) is 5.43 Å². The normalized spacial score (nSPS) is 11.4. The van der Waals surface area contributed by atoms with E-state index in [0.29, 0.717) is 0 Å². The average molecular weight is 290 g/mol. The molecule has 0 radical (unpaired) electrons. The second-order valence-corrected chi connectivity index (χ2v) is 4.46. The smallest absolute Gasteiger partial charge is 0.451 e. The zero-order chi connectivity index (χ0) is 13.9. The van der Waals surface area contributed by atoms with Crippen molar-refractivity contribution in [2.45, 2.75) is 12.8 Å². The molecule has 0 saturated carbocycles. The summed E-state index contributed by atoms with van der Waals surface area (Å²) in [5.41, 5.74) is 2.04. The van der Waals surface area contributed by atoms with Crippen LogP contribution in [0.15, 0.2) is 23.6 Å². The third kappa shape index (κ3) is 3.55. The molecule has 9 heteroatoms. The summed E-state index contributed by atoms with van der Waals surface area (Å²) in [7, 11) is 0. The van der Waals surface area contributed by atoms with E-state index in [1.807, 2.05) is 16.9 Å². The van der Waals surface area contributed by atoms with E-state index in [2.05, 4.69) is 9.97 Å². The lowest BCUT2D eigenvalue weighted by atomic mass is 10.5. The van der Waals surface area contributed by atoms with Gasteiger partial charge in [0.1, 0.15) is 12.4 Å². The van der Waals surface area contributed by atoms with Gasteiger partial charge in [-0.3, -0.25) is 0 Å². The van der Waals surface area contributed by atoms with Crippen LogP contribution in [0.3, 0.4) is 0 Å². The van der Waals surface area contributed by atoms with Gasteiger partial charge in [-0.1, -0.05) is 6.07 Å². The van der Waals surface area contributed by atoms with Crippen LogP contribution in [0, 0.1) is 0 Å². The molecule has 2 rings (SSSR count). The van der Waals surface area contributed by atoms with Crippen LogP contribution < -0.4 is 16.0 Å². The molecule has 0 amide bonds. The number of ether oxygens (including phenoxy) is 1. The van der Waals surface area contributed by atoms with E-state index in [0.717, 1.165) is 4.88 Å². The molecule has 0 spiro atoms. The first-order valence-corrected chi connectivity index (χ1v) is 5.95. The molecule has 0 unspecified atom stereocenters. The summed E-state index contributed by atoms with van der Waals surface area (Å²) >= 11 is 1.43. The predicted molar refractivity (Wildman–Crippen MR) is 63.5 cm³/mol. The van der Waals surface area contributed by atoms with Gasteiger partial charge in [0, 0.05) is 10.9 Å². The molecular weight excluding hydrogens is 281 g/mol. The predicted octanol–water partition coefficient (Wildman–Crippen LogP) is 2.42. The van der Waals surface area contributed by atoms with E-state index in [4.69, 9.17) is 10.6 Å². The Kier molecular flexibility index (Phi) is 3.86. The second kappa shape index (κ2) is 5.41. The zero-order valence-electron chi connectivity index (χ0n) is 9.44. The maximum atomic E-state index is 12.6. The Bertz CT molecular complexity index is 544. The molecular formula is C10H9F3N4OS. The van der Waals surface area contributed by atoms with Gasteiger partial charge >= 0.3 is 6.18 Å². The number of hydrogen-bond acceptors (Lipinski definition) is 6. The number of anilines is 1. The first-order valence-electron chi connectivity index (χ1n) is 5.07. The number of hydrogen-bond donors (Lipinski definition) is 2. The van der Waals surface area contributed by atoms with E-state index < -0.39 is 12.0 Å². The van der Waals surface area contributed by atoms with Crippen molar-refractivity contribution >= 4 is 17.2 Å². The summed E-state index contributed by atoms with van der Waals surface area (Å²) in [6, 6.07) is 4.82. The van der Waals surface area contributed by atoms with Crippen LogP contribution >= 0.6 is 11.3 Å². The summed E-state index contributed by atoms with van der Waals surface area (Å²) in [6.45, 7) is 0.135. The minimum atomic E-state index is -4.66. The Morgan fingerprint density at radius 2 is 2.16 bits per heavy atom. The zero-order valence-corrected chi connectivity index (χ0v) is 10.3. The monoisotopic (exact) mass is 290 g/mol. The van der Waals surface area contributed by atoms with Crippen molar-refractivity contribution in [1.29, 1.82) is 0 Å². The SMILES string of the molecule is NNc1cc(OCc2cccs2)nc(C(F)(F)F)n1. The van der Waals surface area contributed by atoms with Crippen LogP contribution in [0.5, 0.6) is 5.88 Å². The summed E-state index contributed by atoms with van der Waals surface area (Å²) in [5, 5.41) is 1.84. The molecule has 0 bridgehead atoms. The number of thiophene rings is 1. The number of alkyl halides is 3. The molecule has 2 aromatic rings. The van der Waals surface area contributed by atoms with Crippen molar-refractivity contribution in [2.24, 2.45) is 5.84 Å². The number of hydrazine groups is 1. The molecule has 5 nitrogen and oxygen atoms in total. The van der Waals surface area contributed by atoms with E-state index in [9.17, 15) is 13.2 Å². The van der Waals surface area contributed by atoms with Gasteiger partial charge in [-0.05, 0) is 11.4 Å². The first-order chi connectivity index (χ1) is 8.99. The van der Waals surface area contributed by atoms with E-state index in [1.165, 1.54) is 17.4 Å². The summed E-state index contributed by atoms with van der Waals surface area (Å²) in [4.78, 5) is 7.39. The molecule has 0 aliphatic carbocycles. The van der Waals surface area contributed by atoms with E-state index in [-0.39, 0.29) is 18.3 Å². The van der Waals surface area contributed by atoms with E-state index in [1.54, 1.807) is 6.07 Å². The molecule has 0 aliphatic rings. The molecule has 0 atom stereocenters. The Morgan fingerprint density at radius 1 is 1.37 bits per heavy atom. The lowest BCUT2D eigenvalue weighted by Crippen LogP contribution is -2.16. The first kappa shape index (κ1) is 13.6. The molecule has 0 fully saturated rings. The minimum Gasteiger partial charge on any atom is -0.472 e.